The summed E-state index contributed by atoms with van der Waals surface area (Å²) >= 11 is 0. The van der Waals surface area contributed by atoms with Gasteiger partial charge >= 0.3 is 0 Å². The van der Waals surface area contributed by atoms with Crippen molar-refractivity contribution >= 4 is 5.91 Å². The lowest BCUT2D eigenvalue weighted by molar-refractivity contribution is 0.0764. The van der Waals surface area contributed by atoms with E-state index in [1.807, 2.05) is 18.2 Å². The highest BCUT2D eigenvalue weighted by Gasteiger charge is 2.15. The highest BCUT2D eigenvalue weighted by Crippen LogP contribution is 2.25. The van der Waals surface area contributed by atoms with E-state index in [-0.39, 0.29) is 5.91 Å². The fraction of sp³-hybridized carbons (Fsp3) is 0.581. The second kappa shape index (κ2) is 14.5. The van der Waals surface area contributed by atoms with Gasteiger partial charge in [-0.1, -0.05) is 44.5 Å². The standard InChI is InChI=1S/C31H45N3O3/c1-25(2)11-15-34-17-18-36-19-20-37-30-10-9-28(31(35)32-12-16-33-13-4-3-5-14-33)23-29(30)22-26-7-6-8-27(21-26)24-34/h6-10,21,23,25H,3-5,11-20,22,24H2,1-2H3,(H,32,35). The van der Waals surface area contributed by atoms with Gasteiger partial charge in [0.05, 0.1) is 13.2 Å². The van der Waals surface area contributed by atoms with Gasteiger partial charge in [-0.3, -0.25) is 9.69 Å². The first kappa shape index (κ1) is 27.6. The fourth-order valence-corrected chi connectivity index (χ4v) is 5.15. The normalized spacial score (nSPS) is 18.0. The molecule has 202 valence electrons. The molecule has 0 spiro atoms. The Bertz CT molecular complexity index is 987. The second-order valence-electron chi connectivity index (χ2n) is 10.9. The molecule has 1 N–H and O–H groups in total. The van der Waals surface area contributed by atoms with Gasteiger partial charge in [0.2, 0.25) is 0 Å². The minimum Gasteiger partial charge on any atom is -0.491 e. The predicted octanol–water partition coefficient (Wildman–Crippen LogP) is 4.75. The van der Waals surface area contributed by atoms with Crippen LogP contribution in [0.25, 0.3) is 0 Å². The van der Waals surface area contributed by atoms with Crippen LogP contribution in [-0.2, 0) is 17.7 Å². The maximum atomic E-state index is 13.0. The van der Waals surface area contributed by atoms with Crippen LogP contribution in [0.3, 0.4) is 0 Å². The third-order valence-electron chi connectivity index (χ3n) is 7.34. The molecule has 2 aromatic carbocycles. The highest BCUT2D eigenvalue weighted by molar-refractivity contribution is 5.94. The molecule has 1 amide bonds. The van der Waals surface area contributed by atoms with Crippen molar-refractivity contribution in [3.05, 3.63) is 64.7 Å². The maximum Gasteiger partial charge on any atom is 0.251 e. The Balaban J connectivity index is 1.45. The summed E-state index contributed by atoms with van der Waals surface area (Å²) in [5.41, 5.74) is 4.28. The van der Waals surface area contributed by atoms with Crippen LogP contribution in [0.2, 0.25) is 0 Å². The average molecular weight is 508 g/mol. The van der Waals surface area contributed by atoms with E-state index in [9.17, 15) is 4.79 Å². The summed E-state index contributed by atoms with van der Waals surface area (Å²) in [5.74, 6) is 1.49. The highest BCUT2D eigenvalue weighted by atomic mass is 16.5. The molecular formula is C31H45N3O3. The number of rotatable bonds is 7. The van der Waals surface area contributed by atoms with Gasteiger partial charge in [0.1, 0.15) is 12.4 Å². The number of nitrogens with one attached hydrogen (secondary N) is 1. The van der Waals surface area contributed by atoms with E-state index in [1.165, 1.54) is 36.8 Å². The number of hydrogen-bond donors (Lipinski definition) is 1. The zero-order valence-corrected chi connectivity index (χ0v) is 22.8. The molecule has 4 rings (SSSR count). The van der Waals surface area contributed by atoms with Crippen molar-refractivity contribution in [2.75, 3.05) is 59.1 Å². The maximum absolute atomic E-state index is 13.0. The van der Waals surface area contributed by atoms with Crippen LogP contribution in [-0.4, -0.2) is 74.8 Å². The van der Waals surface area contributed by atoms with Gasteiger partial charge in [0.15, 0.2) is 0 Å². The number of piperidine rings is 1. The monoisotopic (exact) mass is 507 g/mol. The first-order chi connectivity index (χ1) is 18.1. The number of fused-ring (bicyclic) bond motifs is 3. The third-order valence-corrected chi connectivity index (χ3v) is 7.34. The van der Waals surface area contributed by atoms with Crippen molar-refractivity contribution in [3.63, 3.8) is 0 Å². The molecule has 0 saturated carbocycles. The minimum atomic E-state index is -0.0166. The molecule has 6 heteroatoms. The zero-order valence-electron chi connectivity index (χ0n) is 22.8. The van der Waals surface area contributed by atoms with Crippen LogP contribution in [0.4, 0.5) is 0 Å². The molecule has 1 saturated heterocycles. The van der Waals surface area contributed by atoms with Crippen LogP contribution in [0, 0.1) is 5.92 Å². The van der Waals surface area contributed by atoms with Crippen molar-refractivity contribution in [1.29, 1.82) is 0 Å². The molecule has 1 fully saturated rings. The summed E-state index contributed by atoms with van der Waals surface area (Å²) in [6.07, 6.45) is 5.76. The van der Waals surface area contributed by atoms with Crippen molar-refractivity contribution in [3.8, 4) is 5.75 Å². The number of carbonyl (C=O) groups is 1. The van der Waals surface area contributed by atoms with Crippen molar-refractivity contribution in [1.82, 2.24) is 15.1 Å². The Morgan fingerprint density at radius 2 is 1.76 bits per heavy atom. The van der Waals surface area contributed by atoms with Gasteiger partial charge < -0.3 is 19.7 Å². The number of benzene rings is 2. The van der Waals surface area contributed by atoms with Crippen molar-refractivity contribution in [2.45, 2.75) is 52.5 Å². The number of nitrogens with zero attached hydrogens (tertiary/aromatic N) is 2. The third kappa shape index (κ3) is 9.13. The molecule has 0 atom stereocenters. The van der Waals surface area contributed by atoms with Crippen LogP contribution in [0.5, 0.6) is 5.75 Å². The SMILES string of the molecule is CC(C)CCN1CCOCCOc2ccc(C(=O)NCCN3CCCCC3)cc2Cc2cccc(c2)C1. The second-order valence-corrected chi connectivity index (χ2v) is 10.9. The average Bonchev–Trinajstić information content (AvgIpc) is 2.90. The van der Waals surface area contributed by atoms with E-state index in [1.54, 1.807) is 0 Å². The number of hydrogen-bond acceptors (Lipinski definition) is 5. The molecule has 6 nitrogen and oxygen atoms in total. The molecular weight excluding hydrogens is 462 g/mol. The van der Waals surface area contributed by atoms with Crippen LogP contribution in [0.15, 0.2) is 42.5 Å². The van der Waals surface area contributed by atoms with E-state index < -0.39 is 0 Å². The lowest BCUT2D eigenvalue weighted by atomic mass is 9.99. The summed E-state index contributed by atoms with van der Waals surface area (Å²) in [6.45, 7) is 13.1. The molecule has 2 heterocycles. The topological polar surface area (TPSA) is 54.0 Å². The first-order valence-corrected chi connectivity index (χ1v) is 14.2. The Hall–Kier alpha value is -2.41. The lowest BCUT2D eigenvalue weighted by Gasteiger charge is -2.26. The quantitative estimate of drug-likeness (QED) is 0.586. The van der Waals surface area contributed by atoms with E-state index in [4.69, 9.17) is 9.47 Å². The van der Waals surface area contributed by atoms with E-state index in [0.717, 1.165) is 57.0 Å². The number of likely N-dealkylation sites (tertiary alicyclic amines) is 1. The number of carbonyl (C=O) groups excluding carboxylic acids is 1. The molecule has 0 unspecified atom stereocenters. The van der Waals surface area contributed by atoms with Gasteiger partial charge in [-0.2, -0.15) is 0 Å². The Labute approximate surface area is 223 Å². The Morgan fingerprint density at radius 1 is 0.919 bits per heavy atom. The van der Waals surface area contributed by atoms with Crippen molar-refractivity contribution < 1.29 is 14.3 Å². The van der Waals surface area contributed by atoms with Gasteiger partial charge in [-0.05, 0) is 79.7 Å². The Morgan fingerprint density at radius 3 is 2.59 bits per heavy atom. The van der Waals surface area contributed by atoms with E-state index in [0.29, 0.717) is 37.8 Å². The van der Waals surface area contributed by atoms with E-state index >= 15 is 0 Å². The van der Waals surface area contributed by atoms with Crippen LogP contribution >= 0.6 is 0 Å². The smallest absolute Gasteiger partial charge is 0.251 e. The molecule has 2 aliphatic rings. The molecule has 2 aliphatic heterocycles. The van der Waals surface area contributed by atoms with E-state index in [2.05, 4.69) is 53.2 Å². The fourth-order valence-electron chi connectivity index (χ4n) is 5.15. The summed E-state index contributed by atoms with van der Waals surface area (Å²) in [4.78, 5) is 17.9. The summed E-state index contributed by atoms with van der Waals surface area (Å²) in [5, 5.41) is 3.12. The van der Waals surface area contributed by atoms with Gasteiger partial charge in [-0.25, -0.2) is 0 Å². The zero-order chi connectivity index (χ0) is 25.9. The van der Waals surface area contributed by atoms with Crippen LogP contribution < -0.4 is 10.1 Å². The largest absolute Gasteiger partial charge is 0.491 e. The predicted molar refractivity (Wildman–Crippen MR) is 149 cm³/mol. The molecule has 0 aromatic heterocycles. The summed E-state index contributed by atoms with van der Waals surface area (Å²) in [7, 11) is 0. The molecule has 37 heavy (non-hydrogen) atoms. The number of amides is 1. The molecule has 0 aliphatic carbocycles. The Kier molecular flexibility index (Phi) is 10.8. The number of ether oxygens (including phenoxy) is 2. The van der Waals surface area contributed by atoms with Gasteiger partial charge in [0.25, 0.3) is 5.91 Å². The summed E-state index contributed by atoms with van der Waals surface area (Å²) < 4.78 is 12.0. The first-order valence-electron chi connectivity index (χ1n) is 14.2. The lowest BCUT2D eigenvalue weighted by Crippen LogP contribution is -2.37. The minimum absolute atomic E-state index is 0.0166. The van der Waals surface area contributed by atoms with Gasteiger partial charge in [-0.15, -0.1) is 0 Å². The molecule has 2 bridgehead atoms. The van der Waals surface area contributed by atoms with Crippen LogP contribution in [0.1, 0.15) is 66.6 Å². The van der Waals surface area contributed by atoms with Crippen molar-refractivity contribution in [2.24, 2.45) is 5.92 Å². The van der Waals surface area contributed by atoms with Gasteiger partial charge in [0, 0.05) is 38.2 Å². The molecule has 0 radical (unpaired) electrons. The summed E-state index contributed by atoms with van der Waals surface area (Å²) in [6, 6.07) is 14.6. The molecule has 2 aromatic rings.